The van der Waals surface area contributed by atoms with Gasteiger partial charge in [-0.3, -0.25) is 9.69 Å². The number of amides is 1. The lowest BCUT2D eigenvalue weighted by Gasteiger charge is -2.26. The van der Waals surface area contributed by atoms with Crippen LogP contribution in [0.15, 0.2) is 21.9 Å². The van der Waals surface area contributed by atoms with Gasteiger partial charge in [0.1, 0.15) is 0 Å². The maximum Gasteiger partial charge on any atom is 0.293 e. The summed E-state index contributed by atoms with van der Waals surface area (Å²) in [6.07, 6.45) is 4.77. The van der Waals surface area contributed by atoms with Gasteiger partial charge < -0.3 is 19.9 Å². The number of nitrogen functional groups attached to an aromatic ring is 1. The van der Waals surface area contributed by atoms with E-state index in [9.17, 15) is 4.79 Å². The Morgan fingerprint density at radius 2 is 1.91 bits per heavy atom. The van der Waals surface area contributed by atoms with Crippen molar-refractivity contribution in [2.24, 2.45) is 5.10 Å². The van der Waals surface area contributed by atoms with Crippen molar-refractivity contribution in [3.8, 4) is 23.1 Å². The maximum absolute atomic E-state index is 13.0. The Morgan fingerprint density at radius 3 is 2.57 bits per heavy atom. The number of ether oxygens (including phenoxy) is 3. The minimum absolute atomic E-state index is 0.0420. The highest BCUT2D eigenvalue weighted by atomic mass is 16.6. The van der Waals surface area contributed by atoms with Gasteiger partial charge in [0.05, 0.1) is 33.2 Å². The summed E-state index contributed by atoms with van der Waals surface area (Å²) < 4.78 is 22.2. The zero-order valence-corrected chi connectivity index (χ0v) is 19.7. The third kappa shape index (κ3) is 5.01. The molecule has 0 atom stereocenters. The number of hydrogen-bond donors (Lipinski definition) is 2. The molecule has 1 fully saturated rings. The first-order chi connectivity index (χ1) is 17.1. The molecule has 1 amide bonds. The number of carbonyl (C=O) groups is 1. The highest BCUT2D eigenvalue weighted by molar-refractivity contribution is 5.94. The van der Waals surface area contributed by atoms with E-state index in [1.807, 2.05) is 0 Å². The van der Waals surface area contributed by atoms with Crippen LogP contribution in [-0.4, -0.2) is 76.7 Å². The summed E-state index contributed by atoms with van der Waals surface area (Å²) in [5, 5.41) is 19.6. The molecule has 186 valence electrons. The Bertz CT molecular complexity index is 1200. The first-order valence-corrected chi connectivity index (χ1v) is 10.9. The number of methoxy groups -OCH3 is 3. The molecule has 0 spiro atoms. The van der Waals surface area contributed by atoms with Gasteiger partial charge >= 0.3 is 0 Å². The van der Waals surface area contributed by atoms with Crippen molar-refractivity contribution < 1.29 is 23.6 Å². The van der Waals surface area contributed by atoms with E-state index >= 15 is 0 Å². The summed E-state index contributed by atoms with van der Waals surface area (Å²) in [5.41, 5.74) is 9.52. The van der Waals surface area contributed by atoms with Crippen molar-refractivity contribution in [1.82, 2.24) is 35.6 Å². The summed E-state index contributed by atoms with van der Waals surface area (Å²) in [7, 11) is 4.54. The summed E-state index contributed by atoms with van der Waals surface area (Å²) in [5.74, 6) is 0.994. The minimum atomic E-state index is -0.547. The lowest BCUT2D eigenvalue weighted by molar-refractivity contribution is 0.0947. The van der Waals surface area contributed by atoms with Crippen LogP contribution in [0, 0.1) is 0 Å². The molecule has 0 saturated carbocycles. The SMILES string of the molecule is COc1ccc(/C=N/NC(=O)c2nnn(-c3nonc3N)c2CN2CCCCC2)c(OC)c1OC. The number of piperidine rings is 1. The van der Waals surface area contributed by atoms with Gasteiger partial charge in [-0.25, -0.2) is 10.1 Å². The summed E-state index contributed by atoms with van der Waals surface area (Å²) >= 11 is 0. The second kappa shape index (κ2) is 10.8. The van der Waals surface area contributed by atoms with Gasteiger partial charge in [-0.15, -0.1) is 5.10 Å². The number of hydrazone groups is 1. The normalized spacial score (nSPS) is 14.3. The monoisotopic (exact) mass is 485 g/mol. The second-order valence-corrected chi connectivity index (χ2v) is 7.73. The zero-order valence-electron chi connectivity index (χ0n) is 19.7. The standard InChI is InChI=1S/C21H27N9O5/c1-32-15-8-7-13(17(33-2)18(15)34-3)11-23-25-21(31)16-14(12-29-9-5-4-6-10-29)30(28-24-16)20-19(22)26-35-27-20/h7-8,11H,4-6,9-10,12H2,1-3H3,(H2,22,26)(H,25,31)/b23-11+. The predicted molar refractivity (Wildman–Crippen MR) is 124 cm³/mol. The fourth-order valence-electron chi connectivity index (χ4n) is 3.90. The molecule has 14 nitrogen and oxygen atoms in total. The van der Waals surface area contributed by atoms with Crippen molar-refractivity contribution in [3.05, 3.63) is 29.1 Å². The van der Waals surface area contributed by atoms with E-state index in [0.29, 0.717) is 35.1 Å². The van der Waals surface area contributed by atoms with Gasteiger partial charge in [0.25, 0.3) is 5.91 Å². The largest absolute Gasteiger partial charge is 0.493 e. The van der Waals surface area contributed by atoms with Crippen LogP contribution in [0.1, 0.15) is 41.0 Å². The molecule has 2 aromatic heterocycles. The van der Waals surface area contributed by atoms with Crippen LogP contribution in [0.4, 0.5) is 5.82 Å². The number of nitrogens with zero attached hydrogens (tertiary/aromatic N) is 7. The number of aromatic nitrogens is 5. The number of rotatable bonds is 9. The molecule has 14 heteroatoms. The Kier molecular flexibility index (Phi) is 7.40. The fourth-order valence-corrected chi connectivity index (χ4v) is 3.90. The van der Waals surface area contributed by atoms with Crippen molar-refractivity contribution >= 4 is 17.9 Å². The van der Waals surface area contributed by atoms with E-state index in [2.05, 4.69) is 36.1 Å². The second-order valence-electron chi connectivity index (χ2n) is 7.73. The number of carbonyl (C=O) groups excluding carboxylic acids is 1. The molecule has 0 aliphatic carbocycles. The van der Waals surface area contributed by atoms with E-state index in [-0.39, 0.29) is 17.3 Å². The molecule has 4 rings (SSSR count). The lowest BCUT2D eigenvalue weighted by atomic mass is 10.1. The lowest BCUT2D eigenvalue weighted by Crippen LogP contribution is -2.31. The molecule has 3 N–H and O–H groups in total. The smallest absolute Gasteiger partial charge is 0.293 e. The Morgan fingerprint density at radius 1 is 1.14 bits per heavy atom. The molecule has 1 saturated heterocycles. The average molecular weight is 486 g/mol. The molecule has 1 aromatic carbocycles. The highest BCUT2D eigenvalue weighted by Crippen LogP contribution is 2.39. The number of hydrogen-bond acceptors (Lipinski definition) is 12. The Labute approximate surface area is 201 Å². The molecule has 0 unspecified atom stereocenters. The molecule has 0 bridgehead atoms. The van der Waals surface area contributed by atoms with Crippen LogP contribution in [0.5, 0.6) is 17.2 Å². The number of nitrogens with two attached hydrogens (primary N) is 1. The number of likely N-dealkylation sites (tertiary alicyclic amines) is 1. The van der Waals surface area contributed by atoms with Crippen LogP contribution in [-0.2, 0) is 6.54 Å². The first-order valence-electron chi connectivity index (χ1n) is 10.9. The molecule has 1 aliphatic rings. The summed E-state index contributed by atoms with van der Waals surface area (Å²) in [6.45, 7) is 2.22. The van der Waals surface area contributed by atoms with Crippen LogP contribution in [0.25, 0.3) is 5.82 Å². The van der Waals surface area contributed by atoms with Gasteiger partial charge in [-0.05, 0) is 48.4 Å². The number of anilines is 1. The third-order valence-electron chi connectivity index (χ3n) is 5.60. The van der Waals surface area contributed by atoms with Gasteiger partial charge in [0.15, 0.2) is 17.2 Å². The molecule has 3 aromatic rings. The van der Waals surface area contributed by atoms with E-state index in [1.54, 1.807) is 12.1 Å². The molecule has 35 heavy (non-hydrogen) atoms. The van der Waals surface area contributed by atoms with E-state index in [4.69, 9.17) is 24.6 Å². The van der Waals surface area contributed by atoms with Crippen LogP contribution >= 0.6 is 0 Å². The van der Waals surface area contributed by atoms with Gasteiger partial charge in [0.2, 0.25) is 17.4 Å². The van der Waals surface area contributed by atoms with Crippen LogP contribution in [0.2, 0.25) is 0 Å². The van der Waals surface area contributed by atoms with Crippen molar-refractivity contribution in [2.75, 3.05) is 40.2 Å². The van der Waals surface area contributed by atoms with Crippen LogP contribution < -0.4 is 25.4 Å². The van der Waals surface area contributed by atoms with Gasteiger partial charge in [-0.2, -0.15) is 9.78 Å². The van der Waals surface area contributed by atoms with Gasteiger partial charge in [0, 0.05) is 12.1 Å². The minimum Gasteiger partial charge on any atom is -0.493 e. The highest BCUT2D eigenvalue weighted by Gasteiger charge is 2.26. The van der Waals surface area contributed by atoms with Crippen molar-refractivity contribution in [2.45, 2.75) is 25.8 Å². The Balaban J connectivity index is 1.58. The molecular weight excluding hydrogens is 458 g/mol. The predicted octanol–water partition coefficient (Wildman–Crippen LogP) is 1.01. The number of nitrogens with one attached hydrogen (secondary N) is 1. The zero-order chi connectivity index (χ0) is 24.8. The van der Waals surface area contributed by atoms with E-state index < -0.39 is 5.91 Å². The first kappa shape index (κ1) is 23.9. The van der Waals surface area contributed by atoms with E-state index in [0.717, 1.165) is 25.9 Å². The number of benzene rings is 1. The van der Waals surface area contributed by atoms with Crippen molar-refractivity contribution in [3.63, 3.8) is 0 Å². The quantitative estimate of drug-likeness (QED) is 0.328. The summed E-state index contributed by atoms with van der Waals surface area (Å²) in [4.78, 5) is 15.2. The topological polar surface area (TPSA) is 168 Å². The molecule has 1 aliphatic heterocycles. The van der Waals surface area contributed by atoms with Crippen molar-refractivity contribution in [1.29, 1.82) is 0 Å². The Hall–Kier alpha value is -4.20. The summed E-state index contributed by atoms with van der Waals surface area (Å²) in [6, 6.07) is 3.44. The molecule has 3 heterocycles. The van der Waals surface area contributed by atoms with E-state index in [1.165, 1.54) is 38.6 Å². The molecule has 0 radical (unpaired) electrons. The fraction of sp³-hybridized carbons (Fsp3) is 0.429. The van der Waals surface area contributed by atoms with Gasteiger partial charge in [-0.1, -0.05) is 11.6 Å². The molecular formula is C21H27N9O5. The maximum atomic E-state index is 13.0. The average Bonchev–Trinajstić information content (AvgIpc) is 3.49. The third-order valence-corrected chi connectivity index (χ3v) is 5.60. The van der Waals surface area contributed by atoms with Crippen LogP contribution in [0.3, 0.4) is 0 Å².